The van der Waals surface area contributed by atoms with Gasteiger partial charge < -0.3 is 5.11 Å². The van der Waals surface area contributed by atoms with Crippen LogP contribution < -0.4 is 0 Å². The first-order valence-corrected chi connectivity index (χ1v) is 9.26. The second-order valence-electron chi connectivity index (χ2n) is 7.18. The van der Waals surface area contributed by atoms with Gasteiger partial charge in [-0.15, -0.1) is 0 Å². The molecule has 1 aliphatic carbocycles. The average Bonchev–Trinajstić information content (AvgIpc) is 2.98. The lowest BCUT2D eigenvalue weighted by Gasteiger charge is -2.30. The first-order valence-electron chi connectivity index (χ1n) is 8.88. The fourth-order valence-electron chi connectivity index (χ4n) is 3.99. The van der Waals surface area contributed by atoms with E-state index in [1.54, 1.807) is 0 Å². The first-order chi connectivity index (χ1) is 12.8. The third-order valence-electron chi connectivity index (χ3n) is 5.37. The van der Waals surface area contributed by atoms with E-state index in [4.69, 9.17) is 11.6 Å². The maximum atomic E-state index is 12.7. The van der Waals surface area contributed by atoms with Gasteiger partial charge in [0.2, 0.25) is 0 Å². The molecule has 1 heterocycles. The largest absolute Gasteiger partial charge is 0.416 e. The standard InChI is InChI=1S/C21H19ClF3NO/c22-17-6-3-14-9-15-11-26(8-7-18(15)19(14)10-17)12-20(27)13-1-4-16(5-2-13)21(23,24)25/h1-6,10,20,27H,7-9,11-12H2. The summed E-state index contributed by atoms with van der Waals surface area (Å²) in [6.07, 6.45) is -3.39. The normalized spacial score (nSPS) is 18.4. The number of benzene rings is 2. The van der Waals surface area contributed by atoms with E-state index in [0.717, 1.165) is 43.1 Å². The van der Waals surface area contributed by atoms with Gasteiger partial charge >= 0.3 is 6.18 Å². The van der Waals surface area contributed by atoms with E-state index < -0.39 is 17.8 Å². The minimum atomic E-state index is -4.36. The number of aliphatic hydroxyl groups is 1. The van der Waals surface area contributed by atoms with E-state index in [0.29, 0.717) is 12.1 Å². The molecule has 0 bridgehead atoms. The van der Waals surface area contributed by atoms with Crippen LogP contribution in [0.5, 0.6) is 0 Å². The second-order valence-corrected chi connectivity index (χ2v) is 7.62. The van der Waals surface area contributed by atoms with Gasteiger partial charge in [0.05, 0.1) is 11.7 Å². The van der Waals surface area contributed by atoms with Gasteiger partial charge in [-0.3, -0.25) is 4.90 Å². The molecule has 0 fully saturated rings. The van der Waals surface area contributed by atoms with E-state index in [1.165, 1.54) is 34.4 Å². The average molecular weight is 394 g/mol. The molecule has 0 amide bonds. The molecule has 0 saturated heterocycles. The number of hydrogen-bond donors (Lipinski definition) is 1. The Balaban J connectivity index is 1.43. The lowest BCUT2D eigenvalue weighted by atomic mass is 9.98. The van der Waals surface area contributed by atoms with Gasteiger partial charge in [-0.1, -0.05) is 29.8 Å². The molecule has 1 aliphatic heterocycles. The van der Waals surface area contributed by atoms with Gasteiger partial charge in [-0.25, -0.2) is 0 Å². The minimum Gasteiger partial charge on any atom is -0.387 e. The highest BCUT2D eigenvalue weighted by molar-refractivity contribution is 6.30. The fraction of sp³-hybridized carbons (Fsp3) is 0.333. The zero-order valence-corrected chi connectivity index (χ0v) is 15.3. The maximum Gasteiger partial charge on any atom is 0.416 e. The molecule has 0 radical (unpaired) electrons. The van der Waals surface area contributed by atoms with Crippen molar-refractivity contribution in [3.63, 3.8) is 0 Å². The number of rotatable bonds is 3. The van der Waals surface area contributed by atoms with Crippen LogP contribution >= 0.6 is 11.6 Å². The Labute approximate surface area is 160 Å². The first kappa shape index (κ1) is 18.5. The second kappa shape index (κ2) is 6.97. The van der Waals surface area contributed by atoms with Crippen LogP contribution in [0.1, 0.15) is 34.8 Å². The molecule has 27 heavy (non-hydrogen) atoms. The van der Waals surface area contributed by atoms with Gasteiger partial charge in [-0.2, -0.15) is 13.2 Å². The summed E-state index contributed by atoms with van der Waals surface area (Å²) in [5.41, 5.74) is 5.03. The number of β-amino-alcohol motifs (C(OH)–C–C–N with tert-alkyl or cyclic N) is 1. The zero-order chi connectivity index (χ0) is 19.2. The Morgan fingerprint density at radius 1 is 1.11 bits per heavy atom. The Bertz CT molecular complexity index is 889. The van der Waals surface area contributed by atoms with E-state index in [2.05, 4.69) is 11.0 Å². The van der Waals surface area contributed by atoms with Crippen molar-refractivity contribution in [1.82, 2.24) is 4.90 Å². The lowest BCUT2D eigenvalue weighted by molar-refractivity contribution is -0.137. The number of alkyl halides is 3. The SMILES string of the molecule is OC(CN1CCC2=C(Cc3ccc(Cl)cc32)C1)c1ccc(C(F)(F)F)cc1. The van der Waals surface area contributed by atoms with Crippen molar-refractivity contribution >= 4 is 17.2 Å². The summed E-state index contributed by atoms with van der Waals surface area (Å²) < 4.78 is 38.0. The number of halogens is 4. The third kappa shape index (κ3) is 3.77. The summed E-state index contributed by atoms with van der Waals surface area (Å²) in [5.74, 6) is 0. The highest BCUT2D eigenvalue weighted by atomic mass is 35.5. The molecule has 2 aromatic rings. The molecule has 2 aliphatic rings. The topological polar surface area (TPSA) is 23.5 Å². The van der Waals surface area contributed by atoms with Gasteiger partial charge in [0.1, 0.15) is 0 Å². The fourth-order valence-corrected chi connectivity index (χ4v) is 4.16. The van der Waals surface area contributed by atoms with Gasteiger partial charge in [0.15, 0.2) is 0 Å². The van der Waals surface area contributed by atoms with Crippen LogP contribution in [-0.2, 0) is 12.6 Å². The summed E-state index contributed by atoms with van der Waals surface area (Å²) in [6, 6.07) is 10.7. The van der Waals surface area contributed by atoms with Crippen LogP contribution in [-0.4, -0.2) is 29.6 Å². The van der Waals surface area contributed by atoms with Crippen LogP contribution in [0, 0.1) is 0 Å². The molecular weight excluding hydrogens is 375 g/mol. The summed E-state index contributed by atoms with van der Waals surface area (Å²) in [5, 5.41) is 11.2. The predicted octanol–water partition coefficient (Wildman–Crippen LogP) is 5.11. The van der Waals surface area contributed by atoms with Crippen LogP contribution in [0.3, 0.4) is 0 Å². The number of aliphatic hydroxyl groups excluding tert-OH is 1. The molecule has 0 spiro atoms. The molecule has 0 aromatic heterocycles. The van der Waals surface area contributed by atoms with Crippen molar-refractivity contribution in [2.24, 2.45) is 0 Å². The van der Waals surface area contributed by atoms with Crippen LogP contribution in [0.4, 0.5) is 13.2 Å². The number of nitrogens with zero attached hydrogens (tertiary/aromatic N) is 1. The van der Waals surface area contributed by atoms with Gasteiger partial charge in [0.25, 0.3) is 0 Å². The molecule has 2 nitrogen and oxygen atoms in total. The van der Waals surface area contributed by atoms with Crippen LogP contribution in [0.15, 0.2) is 48.0 Å². The summed E-state index contributed by atoms with van der Waals surface area (Å²) in [7, 11) is 0. The number of fused-ring (bicyclic) bond motifs is 2. The zero-order valence-electron chi connectivity index (χ0n) is 14.6. The molecule has 142 valence electrons. The predicted molar refractivity (Wildman–Crippen MR) is 99.5 cm³/mol. The highest BCUT2D eigenvalue weighted by Crippen LogP contribution is 2.39. The summed E-state index contributed by atoms with van der Waals surface area (Å²) >= 11 is 6.12. The van der Waals surface area contributed by atoms with Gasteiger partial charge in [-0.05, 0) is 64.9 Å². The van der Waals surface area contributed by atoms with Crippen molar-refractivity contribution in [1.29, 1.82) is 0 Å². The Hall–Kier alpha value is -1.82. The van der Waals surface area contributed by atoms with Crippen molar-refractivity contribution in [2.75, 3.05) is 19.6 Å². The Morgan fingerprint density at radius 3 is 2.56 bits per heavy atom. The van der Waals surface area contributed by atoms with Crippen molar-refractivity contribution < 1.29 is 18.3 Å². The molecular formula is C21H19ClF3NO. The van der Waals surface area contributed by atoms with Crippen molar-refractivity contribution in [3.05, 3.63) is 75.3 Å². The molecule has 2 aromatic carbocycles. The minimum absolute atomic E-state index is 0.402. The molecule has 1 unspecified atom stereocenters. The molecule has 1 N–H and O–H groups in total. The monoisotopic (exact) mass is 393 g/mol. The van der Waals surface area contributed by atoms with E-state index in [-0.39, 0.29) is 0 Å². The van der Waals surface area contributed by atoms with Crippen molar-refractivity contribution in [2.45, 2.75) is 25.1 Å². The van der Waals surface area contributed by atoms with E-state index >= 15 is 0 Å². The van der Waals surface area contributed by atoms with Crippen LogP contribution in [0.2, 0.25) is 5.02 Å². The number of hydrogen-bond acceptors (Lipinski definition) is 2. The lowest BCUT2D eigenvalue weighted by Crippen LogP contribution is -2.34. The molecule has 4 rings (SSSR count). The highest BCUT2D eigenvalue weighted by Gasteiger charge is 2.31. The Kier molecular flexibility index (Phi) is 4.78. The molecule has 1 atom stereocenters. The summed E-state index contributed by atoms with van der Waals surface area (Å²) in [4.78, 5) is 2.16. The molecule has 6 heteroatoms. The summed E-state index contributed by atoms with van der Waals surface area (Å²) in [6.45, 7) is 1.97. The van der Waals surface area contributed by atoms with E-state index in [1.807, 2.05) is 12.1 Å². The van der Waals surface area contributed by atoms with Crippen LogP contribution in [0.25, 0.3) is 5.57 Å². The maximum absolute atomic E-state index is 12.7. The molecule has 0 saturated carbocycles. The van der Waals surface area contributed by atoms with Gasteiger partial charge in [0, 0.05) is 24.7 Å². The van der Waals surface area contributed by atoms with Crippen molar-refractivity contribution in [3.8, 4) is 0 Å². The smallest absolute Gasteiger partial charge is 0.387 e. The van der Waals surface area contributed by atoms with E-state index in [9.17, 15) is 18.3 Å². The quantitative estimate of drug-likeness (QED) is 0.783. The Morgan fingerprint density at radius 2 is 1.85 bits per heavy atom. The third-order valence-corrected chi connectivity index (χ3v) is 5.61.